The van der Waals surface area contributed by atoms with Crippen LogP contribution in [0, 0.1) is 17.0 Å². The van der Waals surface area contributed by atoms with Crippen molar-refractivity contribution < 1.29 is 8.78 Å². The Kier molecular flexibility index (Phi) is 4.24. The monoisotopic (exact) mass is 267 g/mol. The summed E-state index contributed by atoms with van der Waals surface area (Å²) in [6.45, 7) is 8.50. The van der Waals surface area contributed by atoms with Crippen molar-refractivity contribution in [1.82, 2.24) is 4.90 Å². The summed E-state index contributed by atoms with van der Waals surface area (Å²) in [5.41, 5.74) is 1.08. The number of nitrogens with zero attached hydrogens (tertiary/aromatic N) is 1. The van der Waals surface area contributed by atoms with Crippen molar-refractivity contribution in [3.05, 3.63) is 35.4 Å². The molecule has 106 valence electrons. The quantitative estimate of drug-likeness (QED) is 0.769. The summed E-state index contributed by atoms with van der Waals surface area (Å²) in [5.74, 6) is -1.52. The predicted octanol–water partition coefficient (Wildman–Crippen LogP) is 4.37. The Morgan fingerprint density at radius 2 is 1.89 bits per heavy atom. The summed E-state index contributed by atoms with van der Waals surface area (Å²) in [5, 5.41) is 0. The molecule has 0 radical (unpaired) electrons. The molecule has 1 atom stereocenters. The molecule has 1 aliphatic heterocycles. The Bertz CT molecular complexity index is 437. The van der Waals surface area contributed by atoms with E-state index in [4.69, 9.17) is 0 Å². The molecule has 2 rings (SSSR count). The van der Waals surface area contributed by atoms with Gasteiger partial charge in [0, 0.05) is 12.6 Å². The molecule has 1 unspecified atom stereocenters. The normalized spacial score (nSPS) is 21.6. The smallest absolute Gasteiger partial charge is 0.159 e. The van der Waals surface area contributed by atoms with E-state index in [1.165, 1.54) is 31.4 Å². The molecule has 0 saturated carbocycles. The van der Waals surface area contributed by atoms with E-state index in [1.807, 2.05) is 0 Å². The van der Waals surface area contributed by atoms with E-state index >= 15 is 0 Å². The molecule has 1 aliphatic rings. The maximum atomic E-state index is 13.3. The van der Waals surface area contributed by atoms with Crippen LogP contribution in [0.25, 0.3) is 0 Å². The van der Waals surface area contributed by atoms with E-state index in [2.05, 4.69) is 25.7 Å². The van der Waals surface area contributed by atoms with Crippen molar-refractivity contribution in [2.75, 3.05) is 6.54 Å². The zero-order valence-corrected chi connectivity index (χ0v) is 12.0. The van der Waals surface area contributed by atoms with Crippen molar-refractivity contribution in [3.8, 4) is 0 Å². The first-order valence-corrected chi connectivity index (χ1v) is 7.06. The second kappa shape index (κ2) is 5.58. The van der Waals surface area contributed by atoms with Gasteiger partial charge in [0.1, 0.15) is 0 Å². The lowest BCUT2D eigenvalue weighted by atomic mass is 9.80. The third-order valence-electron chi connectivity index (χ3n) is 3.98. The number of halogens is 2. The highest BCUT2D eigenvalue weighted by Crippen LogP contribution is 2.32. The Labute approximate surface area is 114 Å². The maximum absolute atomic E-state index is 13.3. The minimum Gasteiger partial charge on any atom is -0.296 e. The van der Waals surface area contributed by atoms with E-state index < -0.39 is 11.6 Å². The highest BCUT2D eigenvalue weighted by molar-refractivity contribution is 5.18. The highest BCUT2D eigenvalue weighted by atomic mass is 19.2. The van der Waals surface area contributed by atoms with E-state index in [0.717, 1.165) is 12.1 Å². The molecular weight excluding hydrogens is 244 g/mol. The van der Waals surface area contributed by atoms with Gasteiger partial charge in [0.05, 0.1) is 0 Å². The van der Waals surface area contributed by atoms with E-state index in [9.17, 15) is 8.78 Å². The Balaban J connectivity index is 2.13. The van der Waals surface area contributed by atoms with Gasteiger partial charge in [-0.3, -0.25) is 4.90 Å². The topological polar surface area (TPSA) is 3.24 Å². The zero-order valence-electron chi connectivity index (χ0n) is 12.0. The third-order valence-corrected chi connectivity index (χ3v) is 3.98. The van der Waals surface area contributed by atoms with Gasteiger partial charge in [-0.15, -0.1) is 0 Å². The number of likely N-dealkylation sites (tertiary alicyclic amines) is 1. The molecule has 0 aromatic heterocycles. The molecule has 0 bridgehead atoms. The number of hydrogen-bond acceptors (Lipinski definition) is 1. The molecule has 0 spiro atoms. The lowest BCUT2D eigenvalue weighted by molar-refractivity contribution is 0.0573. The summed E-state index contributed by atoms with van der Waals surface area (Å²) in [7, 11) is 0. The van der Waals surface area contributed by atoms with Crippen LogP contribution in [0.1, 0.15) is 45.6 Å². The number of hydrogen-bond donors (Lipinski definition) is 0. The molecule has 0 amide bonds. The van der Waals surface area contributed by atoms with Crippen molar-refractivity contribution in [2.45, 2.75) is 52.6 Å². The molecule has 1 fully saturated rings. The molecule has 1 heterocycles. The maximum Gasteiger partial charge on any atom is 0.159 e. The molecule has 0 N–H and O–H groups in total. The second-order valence-electron chi connectivity index (χ2n) is 6.60. The third kappa shape index (κ3) is 3.53. The molecular formula is C16H23F2N. The van der Waals surface area contributed by atoms with Crippen LogP contribution in [0.15, 0.2) is 18.2 Å². The molecule has 1 saturated heterocycles. The number of rotatable bonds is 2. The van der Waals surface area contributed by atoms with Crippen LogP contribution < -0.4 is 0 Å². The van der Waals surface area contributed by atoms with Gasteiger partial charge < -0.3 is 0 Å². The molecule has 3 heteroatoms. The van der Waals surface area contributed by atoms with Gasteiger partial charge in [-0.05, 0) is 42.5 Å². The number of benzene rings is 1. The largest absolute Gasteiger partial charge is 0.296 e. The van der Waals surface area contributed by atoms with Gasteiger partial charge in [-0.2, -0.15) is 0 Å². The standard InChI is InChI=1S/C16H23F2N/c1-16(2,3)15-6-4-5-9-19(15)11-12-7-8-13(17)14(18)10-12/h7-8,10,15H,4-6,9,11H2,1-3H3. The van der Waals surface area contributed by atoms with Crippen LogP contribution in [-0.2, 0) is 6.54 Å². The van der Waals surface area contributed by atoms with Gasteiger partial charge in [-0.25, -0.2) is 8.78 Å². The minimum absolute atomic E-state index is 0.221. The molecule has 19 heavy (non-hydrogen) atoms. The van der Waals surface area contributed by atoms with Crippen molar-refractivity contribution in [3.63, 3.8) is 0 Å². The Hall–Kier alpha value is -0.960. The number of piperidine rings is 1. The summed E-state index contributed by atoms with van der Waals surface area (Å²) in [6.07, 6.45) is 3.64. The second-order valence-corrected chi connectivity index (χ2v) is 6.60. The molecule has 1 aromatic carbocycles. The first-order valence-electron chi connectivity index (χ1n) is 7.06. The first kappa shape index (κ1) is 14.4. The van der Waals surface area contributed by atoms with Gasteiger partial charge in [0.25, 0.3) is 0 Å². The fourth-order valence-electron chi connectivity index (χ4n) is 3.03. The van der Waals surface area contributed by atoms with Crippen LogP contribution in [0.2, 0.25) is 0 Å². The van der Waals surface area contributed by atoms with Crippen LogP contribution in [0.3, 0.4) is 0 Å². The molecule has 1 aromatic rings. The van der Waals surface area contributed by atoms with Gasteiger partial charge >= 0.3 is 0 Å². The molecule has 0 aliphatic carbocycles. The van der Waals surface area contributed by atoms with Crippen molar-refractivity contribution in [2.24, 2.45) is 5.41 Å². The van der Waals surface area contributed by atoms with E-state index in [1.54, 1.807) is 6.07 Å². The molecule has 1 nitrogen and oxygen atoms in total. The van der Waals surface area contributed by atoms with Crippen LogP contribution in [0.5, 0.6) is 0 Å². The summed E-state index contributed by atoms with van der Waals surface area (Å²) in [6, 6.07) is 4.74. The van der Waals surface area contributed by atoms with Crippen LogP contribution in [-0.4, -0.2) is 17.5 Å². The van der Waals surface area contributed by atoms with Crippen molar-refractivity contribution in [1.29, 1.82) is 0 Å². The Morgan fingerprint density at radius 3 is 2.53 bits per heavy atom. The lowest BCUT2D eigenvalue weighted by Gasteiger charge is -2.43. The fourth-order valence-corrected chi connectivity index (χ4v) is 3.03. The zero-order chi connectivity index (χ0) is 14.0. The van der Waals surface area contributed by atoms with Crippen LogP contribution in [0.4, 0.5) is 8.78 Å². The fraction of sp³-hybridized carbons (Fsp3) is 0.625. The summed E-state index contributed by atoms with van der Waals surface area (Å²) >= 11 is 0. The van der Waals surface area contributed by atoms with E-state index in [-0.39, 0.29) is 5.41 Å². The van der Waals surface area contributed by atoms with Gasteiger partial charge in [0.15, 0.2) is 11.6 Å². The van der Waals surface area contributed by atoms with Gasteiger partial charge in [0.2, 0.25) is 0 Å². The highest BCUT2D eigenvalue weighted by Gasteiger charge is 2.32. The summed E-state index contributed by atoms with van der Waals surface area (Å²) < 4.78 is 26.2. The minimum atomic E-state index is -0.769. The lowest BCUT2D eigenvalue weighted by Crippen LogP contribution is -2.46. The van der Waals surface area contributed by atoms with Crippen LogP contribution >= 0.6 is 0 Å². The first-order chi connectivity index (χ1) is 8.88. The average molecular weight is 267 g/mol. The van der Waals surface area contributed by atoms with E-state index in [0.29, 0.717) is 12.6 Å². The Morgan fingerprint density at radius 1 is 1.16 bits per heavy atom. The summed E-state index contributed by atoms with van der Waals surface area (Å²) in [4.78, 5) is 2.41. The SMILES string of the molecule is CC(C)(C)C1CCCCN1Cc1ccc(F)c(F)c1. The van der Waals surface area contributed by atoms with Gasteiger partial charge in [-0.1, -0.05) is 33.3 Å². The van der Waals surface area contributed by atoms with Crippen molar-refractivity contribution >= 4 is 0 Å². The predicted molar refractivity (Wildman–Crippen MR) is 73.9 cm³/mol. The average Bonchev–Trinajstić information content (AvgIpc) is 2.33.